The third-order valence-electron chi connectivity index (χ3n) is 5.61. The number of hydrogen-bond acceptors (Lipinski definition) is 7. The molecular weight excluding hydrogens is 535 g/mol. The van der Waals surface area contributed by atoms with Crippen LogP contribution in [0.1, 0.15) is 39.2 Å². The van der Waals surface area contributed by atoms with Gasteiger partial charge in [-0.25, -0.2) is 30.0 Å². The van der Waals surface area contributed by atoms with Crippen LogP contribution in [0.5, 0.6) is 0 Å². The number of halogens is 1. The van der Waals surface area contributed by atoms with Crippen LogP contribution in [0.4, 0.5) is 14.9 Å². The van der Waals surface area contributed by atoms with Gasteiger partial charge in [0.15, 0.2) is 0 Å². The van der Waals surface area contributed by atoms with Gasteiger partial charge in [0.25, 0.3) is 10.0 Å². The molecule has 0 unspecified atom stereocenters. The van der Waals surface area contributed by atoms with Gasteiger partial charge in [0.2, 0.25) is 10.0 Å². The lowest BCUT2D eigenvalue weighted by molar-refractivity contribution is 0.0285. The Kier molecular flexibility index (Phi) is 7.28. The highest BCUT2D eigenvalue weighted by molar-refractivity contribution is 7.93. The van der Waals surface area contributed by atoms with Crippen LogP contribution >= 0.6 is 0 Å². The Morgan fingerprint density at radius 2 is 1.84 bits per heavy atom. The molecule has 2 aromatic heterocycles. The first kappa shape index (κ1) is 27.6. The molecule has 4 rings (SSSR count). The number of ether oxygens (including phenoxy) is 1. The predicted molar refractivity (Wildman–Crippen MR) is 140 cm³/mol. The summed E-state index contributed by atoms with van der Waals surface area (Å²) < 4.78 is 75.6. The Hall–Kier alpha value is -3.45. The lowest BCUT2D eigenvalue weighted by Gasteiger charge is -2.24. The molecule has 1 amide bonds. The van der Waals surface area contributed by atoms with E-state index in [4.69, 9.17) is 4.74 Å². The Labute approximate surface area is 221 Å². The van der Waals surface area contributed by atoms with Crippen molar-refractivity contribution in [3.05, 3.63) is 66.4 Å². The van der Waals surface area contributed by atoms with Gasteiger partial charge in [-0.05, 0) is 63.4 Å². The van der Waals surface area contributed by atoms with Gasteiger partial charge in [-0.1, -0.05) is 12.1 Å². The molecule has 0 bridgehead atoms. The van der Waals surface area contributed by atoms with E-state index >= 15 is 0 Å². The molecule has 0 radical (unpaired) electrons. The van der Waals surface area contributed by atoms with Crippen LogP contribution < -0.4 is 4.72 Å². The summed E-state index contributed by atoms with van der Waals surface area (Å²) in [6.07, 6.45) is 4.06. The maximum Gasteiger partial charge on any atom is 0.410 e. The average Bonchev–Trinajstić information content (AvgIpc) is 3.60. The number of hydrogen-bond donors (Lipinski definition) is 1. The zero-order valence-electron chi connectivity index (χ0n) is 21.4. The Morgan fingerprint density at radius 1 is 1.16 bits per heavy atom. The summed E-state index contributed by atoms with van der Waals surface area (Å²) >= 11 is 0. The van der Waals surface area contributed by atoms with Gasteiger partial charge in [-0.2, -0.15) is 0 Å². The van der Waals surface area contributed by atoms with Crippen LogP contribution in [0.25, 0.3) is 11.3 Å². The number of nitrogens with zero attached hydrogens (tertiary/aromatic N) is 3. The van der Waals surface area contributed by atoms with Gasteiger partial charge in [-0.3, -0.25) is 9.71 Å². The summed E-state index contributed by atoms with van der Waals surface area (Å²) in [5.41, 5.74) is -0.264. The lowest BCUT2D eigenvalue weighted by Crippen LogP contribution is -2.33. The smallest absolute Gasteiger partial charge is 0.410 e. The molecule has 1 aliphatic rings. The van der Waals surface area contributed by atoms with Gasteiger partial charge in [-0.15, -0.1) is 0 Å². The monoisotopic (exact) mass is 564 g/mol. The van der Waals surface area contributed by atoms with Crippen LogP contribution in [0.15, 0.2) is 59.9 Å². The maximum atomic E-state index is 14.8. The molecule has 204 valence electrons. The molecule has 1 N–H and O–H groups in total. The van der Waals surface area contributed by atoms with E-state index in [1.165, 1.54) is 54.7 Å². The van der Waals surface area contributed by atoms with E-state index in [2.05, 4.69) is 9.71 Å². The standard InChI is InChI=1S/C25H29FN4O6S2/c1-25(2,3)36-24(31)29(4)15-17-11-23(21-7-5-6-8-22(21)26)30(16-17)38(34,35)20-12-18(13-27-14-20)28-37(32,33)19-9-10-19/h5-8,11-14,16,19,28H,9-10,15H2,1-4H3. The molecule has 2 heterocycles. The first-order valence-electron chi connectivity index (χ1n) is 11.8. The highest BCUT2D eigenvalue weighted by atomic mass is 32.2. The Morgan fingerprint density at radius 3 is 2.47 bits per heavy atom. The number of nitrogens with one attached hydrogen (secondary N) is 1. The second kappa shape index (κ2) is 10.0. The third-order valence-corrected chi connectivity index (χ3v) is 9.12. The summed E-state index contributed by atoms with van der Waals surface area (Å²) in [7, 11) is -6.51. The quantitative estimate of drug-likeness (QED) is 0.434. The molecule has 13 heteroatoms. The van der Waals surface area contributed by atoms with E-state index in [0.29, 0.717) is 18.4 Å². The number of rotatable bonds is 8. The number of sulfonamides is 1. The van der Waals surface area contributed by atoms with E-state index in [1.54, 1.807) is 26.8 Å². The van der Waals surface area contributed by atoms with E-state index in [0.717, 1.165) is 10.2 Å². The number of amides is 1. The van der Waals surface area contributed by atoms with Gasteiger partial charge in [0, 0.05) is 25.0 Å². The van der Waals surface area contributed by atoms with E-state index in [1.807, 2.05) is 0 Å². The largest absolute Gasteiger partial charge is 0.444 e. The maximum absolute atomic E-state index is 14.8. The molecule has 0 spiro atoms. The zero-order chi connectivity index (χ0) is 27.9. The fourth-order valence-electron chi connectivity index (χ4n) is 3.68. The van der Waals surface area contributed by atoms with Crippen molar-refractivity contribution in [2.24, 2.45) is 0 Å². The van der Waals surface area contributed by atoms with Crippen LogP contribution in [0.3, 0.4) is 0 Å². The van der Waals surface area contributed by atoms with Crippen molar-refractivity contribution in [1.82, 2.24) is 13.9 Å². The molecule has 1 aliphatic carbocycles. The molecular formula is C25H29FN4O6S2. The number of carbonyl (C=O) groups excluding carboxylic acids is 1. The zero-order valence-corrected chi connectivity index (χ0v) is 23.0. The molecule has 1 fully saturated rings. The van der Waals surface area contributed by atoms with Gasteiger partial charge < -0.3 is 9.64 Å². The Balaban J connectivity index is 1.73. The van der Waals surface area contributed by atoms with Crippen molar-refractivity contribution in [1.29, 1.82) is 0 Å². The second-order valence-electron chi connectivity index (χ2n) is 10.1. The summed E-state index contributed by atoms with van der Waals surface area (Å²) in [5.74, 6) is -0.641. The number of pyridine rings is 1. The first-order chi connectivity index (χ1) is 17.7. The molecule has 10 nitrogen and oxygen atoms in total. The summed E-state index contributed by atoms with van der Waals surface area (Å²) in [5, 5.41) is -0.510. The first-order valence-corrected chi connectivity index (χ1v) is 14.8. The minimum absolute atomic E-state index is 0.00227. The molecule has 38 heavy (non-hydrogen) atoms. The van der Waals surface area contributed by atoms with Crippen molar-refractivity contribution >= 4 is 31.8 Å². The Bertz CT molecular complexity index is 1580. The molecule has 1 saturated carbocycles. The average molecular weight is 565 g/mol. The van der Waals surface area contributed by atoms with E-state index < -0.39 is 42.8 Å². The normalized spacial score (nSPS) is 14.2. The van der Waals surface area contributed by atoms with Crippen LogP contribution in [-0.4, -0.2) is 54.7 Å². The van der Waals surface area contributed by atoms with Crippen LogP contribution in [0, 0.1) is 5.82 Å². The fraction of sp³-hybridized carbons (Fsp3) is 0.360. The minimum atomic E-state index is -4.36. The van der Waals surface area contributed by atoms with Gasteiger partial charge in [0.05, 0.1) is 29.4 Å². The van der Waals surface area contributed by atoms with Crippen molar-refractivity contribution < 1.29 is 30.8 Å². The molecule has 0 aliphatic heterocycles. The van der Waals surface area contributed by atoms with Crippen molar-refractivity contribution in [3.8, 4) is 11.3 Å². The SMILES string of the molecule is CN(Cc1cc(-c2ccccc2F)n(S(=O)(=O)c2cncc(NS(=O)(=O)C3CC3)c2)c1)C(=O)OC(C)(C)C. The second-order valence-corrected chi connectivity index (χ2v) is 13.9. The number of anilines is 1. The van der Waals surface area contributed by atoms with Crippen molar-refractivity contribution in [2.45, 2.75) is 55.9 Å². The number of benzene rings is 1. The van der Waals surface area contributed by atoms with E-state index in [-0.39, 0.29) is 28.4 Å². The molecule has 0 atom stereocenters. The summed E-state index contributed by atoms with van der Waals surface area (Å²) in [6.45, 7) is 5.17. The lowest BCUT2D eigenvalue weighted by atomic mass is 10.1. The highest BCUT2D eigenvalue weighted by Gasteiger charge is 2.36. The minimum Gasteiger partial charge on any atom is -0.444 e. The predicted octanol–water partition coefficient (Wildman–Crippen LogP) is 4.20. The topological polar surface area (TPSA) is 128 Å². The summed E-state index contributed by atoms with van der Waals surface area (Å²) in [4.78, 5) is 17.3. The van der Waals surface area contributed by atoms with Crippen LogP contribution in [-0.2, 0) is 31.3 Å². The van der Waals surface area contributed by atoms with Gasteiger partial charge >= 0.3 is 6.09 Å². The highest BCUT2D eigenvalue weighted by Crippen LogP contribution is 2.32. The van der Waals surface area contributed by atoms with E-state index in [9.17, 15) is 26.0 Å². The number of aromatic nitrogens is 2. The molecule has 3 aromatic rings. The molecule has 0 saturated heterocycles. The third kappa shape index (κ3) is 6.16. The fourth-order valence-corrected chi connectivity index (χ4v) is 6.43. The molecule has 1 aromatic carbocycles. The van der Waals surface area contributed by atoms with Crippen molar-refractivity contribution in [2.75, 3.05) is 11.8 Å². The van der Waals surface area contributed by atoms with Crippen LogP contribution in [0.2, 0.25) is 0 Å². The van der Waals surface area contributed by atoms with Gasteiger partial charge in [0.1, 0.15) is 16.3 Å². The summed E-state index contributed by atoms with van der Waals surface area (Å²) in [6, 6.07) is 8.35. The number of carbonyl (C=O) groups is 1. The van der Waals surface area contributed by atoms with Crippen molar-refractivity contribution in [3.63, 3.8) is 0 Å².